The molecule has 2 rings (SSSR count). The molecule has 2 aliphatic rings. The number of nitrogens with one attached hydrogen (secondary N) is 1. The molecule has 0 aromatic carbocycles. The van der Waals surface area contributed by atoms with Gasteiger partial charge in [-0.15, -0.1) is 0 Å². The summed E-state index contributed by atoms with van der Waals surface area (Å²) in [5.74, 6) is 0. The smallest absolute Gasteiger partial charge is 0.0483 e. The third-order valence-corrected chi connectivity index (χ3v) is 3.13. The molecule has 0 amide bonds. The summed E-state index contributed by atoms with van der Waals surface area (Å²) in [6.45, 7) is 13.6. The van der Waals surface area contributed by atoms with Gasteiger partial charge >= 0.3 is 0 Å². The van der Waals surface area contributed by atoms with Crippen LogP contribution in [0.3, 0.4) is 0 Å². The van der Waals surface area contributed by atoms with Gasteiger partial charge in [0.05, 0.1) is 0 Å². The molecule has 2 heterocycles. The molecule has 3 heteroatoms. The minimum absolute atomic E-state index is 0.167. The quantitative estimate of drug-likeness (QED) is 0.814. The van der Waals surface area contributed by atoms with Crippen molar-refractivity contribution in [2.45, 2.75) is 85.3 Å². The fourth-order valence-corrected chi connectivity index (χ4v) is 2.23. The van der Waals surface area contributed by atoms with Gasteiger partial charge in [-0.3, -0.25) is 0 Å². The first kappa shape index (κ1) is 22.2. The van der Waals surface area contributed by atoms with Crippen LogP contribution in [-0.4, -0.2) is 48.8 Å². The fourth-order valence-electron chi connectivity index (χ4n) is 2.23. The third-order valence-electron chi connectivity index (χ3n) is 3.13. The highest BCUT2D eigenvalue weighted by Gasteiger charge is 2.11. The van der Waals surface area contributed by atoms with E-state index in [9.17, 15) is 0 Å². The Balaban J connectivity index is 0. The molecular formula is C17H40N2O. The van der Waals surface area contributed by atoms with Gasteiger partial charge in [-0.05, 0) is 72.6 Å². The van der Waals surface area contributed by atoms with Crippen LogP contribution < -0.4 is 5.32 Å². The Morgan fingerprint density at radius 2 is 1.65 bits per heavy atom. The summed E-state index contributed by atoms with van der Waals surface area (Å²) in [5.41, 5.74) is 0. The van der Waals surface area contributed by atoms with Crippen molar-refractivity contribution in [2.24, 2.45) is 0 Å². The Morgan fingerprint density at radius 3 is 1.90 bits per heavy atom. The Bertz CT molecular complexity index is 160. The summed E-state index contributed by atoms with van der Waals surface area (Å²) in [4.78, 5) is 2.36. The molecule has 2 N–H and O–H groups in total. The van der Waals surface area contributed by atoms with Gasteiger partial charge in [0.2, 0.25) is 0 Å². The van der Waals surface area contributed by atoms with Gasteiger partial charge < -0.3 is 15.3 Å². The molecule has 0 saturated carbocycles. The monoisotopic (exact) mass is 288 g/mol. The maximum atomic E-state index is 8.06. The molecule has 1 atom stereocenters. The van der Waals surface area contributed by atoms with Crippen LogP contribution in [0.5, 0.6) is 0 Å². The van der Waals surface area contributed by atoms with Gasteiger partial charge in [-0.1, -0.05) is 27.2 Å². The van der Waals surface area contributed by atoms with E-state index in [2.05, 4.69) is 24.2 Å². The van der Waals surface area contributed by atoms with E-state index in [0.29, 0.717) is 0 Å². The summed E-state index contributed by atoms with van der Waals surface area (Å²) in [6.07, 6.45) is 8.17. The molecule has 0 aliphatic carbocycles. The van der Waals surface area contributed by atoms with Crippen molar-refractivity contribution in [1.29, 1.82) is 0 Å². The van der Waals surface area contributed by atoms with Crippen LogP contribution in [0.1, 0.15) is 73.1 Å². The molecule has 0 aromatic heterocycles. The Kier molecular flexibility index (Phi) is 18.8. The standard InChI is InChI=1S/C7H15N.C5H11N.C3H8O.C2H6/c1-2-4-7-5-3-6-8-7;1-6-4-2-3-5-6;1-3(2)4;1-2/h7-8H,2-6H2,1H3;2-5H2,1H3;3-4H,1-2H3;1-2H3. The zero-order valence-electron chi connectivity index (χ0n) is 14.9. The van der Waals surface area contributed by atoms with E-state index < -0.39 is 0 Å². The van der Waals surface area contributed by atoms with E-state index in [1.165, 1.54) is 58.2 Å². The lowest BCUT2D eigenvalue weighted by Gasteiger charge is -2.05. The second kappa shape index (κ2) is 16.9. The lowest BCUT2D eigenvalue weighted by molar-refractivity contribution is 0.216. The third kappa shape index (κ3) is 17.9. The van der Waals surface area contributed by atoms with Gasteiger partial charge in [-0.25, -0.2) is 0 Å². The van der Waals surface area contributed by atoms with Crippen molar-refractivity contribution in [1.82, 2.24) is 10.2 Å². The maximum absolute atomic E-state index is 8.06. The van der Waals surface area contributed by atoms with Crippen molar-refractivity contribution in [3.8, 4) is 0 Å². The van der Waals surface area contributed by atoms with Crippen LogP contribution in [0.15, 0.2) is 0 Å². The van der Waals surface area contributed by atoms with Crippen molar-refractivity contribution in [3.05, 3.63) is 0 Å². The van der Waals surface area contributed by atoms with Gasteiger partial charge in [-0.2, -0.15) is 0 Å². The van der Waals surface area contributed by atoms with Gasteiger partial charge in [0, 0.05) is 12.1 Å². The van der Waals surface area contributed by atoms with E-state index in [1.807, 2.05) is 13.8 Å². The van der Waals surface area contributed by atoms with E-state index >= 15 is 0 Å². The molecule has 1 unspecified atom stereocenters. The highest BCUT2D eigenvalue weighted by atomic mass is 16.3. The number of hydrogen-bond acceptors (Lipinski definition) is 3. The summed E-state index contributed by atoms with van der Waals surface area (Å²) >= 11 is 0. The molecule has 2 aliphatic heterocycles. The van der Waals surface area contributed by atoms with E-state index in [-0.39, 0.29) is 6.10 Å². The number of aliphatic hydroxyl groups is 1. The summed E-state index contributed by atoms with van der Waals surface area (Å²) in [6, 6.07) is 0.861. The van der Waals surface area contributed by atoms with Gasteiger partial charge in [0.25, 0.3) is 0 Å². The molecular weight excluding hydrogens is 248 g/mol. The summed E-state index contributed by atoms with van der Waals surface area (Å²) in [5, 5.41) is 11.5. The first-order chi connectivity index (χ1) is 9.56. The van der Waals surface area contributed by atoms with Crippen LogP contribution in [0.2, 0.25) is 0 Å². The topological polar surface area (TPSA) is 35.5 Å². The second-order valence-corrected chi connectivity index (χ2v) is 5.69. The molecule has 124 valence electrons. The predicted octanol–water partition coefficient (Wildman–Crippen LogP) is 3.66. The number of aliphatic hydroxyl groups excluding tert-OH is 1. The zero-order chi connectivity index (χ0) is 15.8. The van der Waals surface area contributed by atoms with Crippen LogP contribution in [0.4, 0.5) is 0 Å². The fraction of sp³-hybridized carbons (Fsp3) is 1.00. The summed E-state index contributed by atoms with van der Waals surface area (Å²) in [7, 11) is 2.17. The van der Waals surface area contributed by atoms with Crippen LogP contribution in [-0.2, 0) is 0 Å². The highest BCUT2D eigenvalue weighted by molar-refractivity contribution is 4.72. The first-order valence-electron chi connectivity index (χ1n) is 8.66. The van der Waals surface area contributed by atoms with Crippen molar-refractivity contribution in [2.75, 3.05) is 26.7 Å². The lowest BCUT2D eigenvalue weighted by Crippen LogP contribution is -2.20. The van der Waals surface area contributed by atoms with E-state index in [1.54, 1.807) is 13.8 Å². The van der Waals surface area contributed by atoms with Crippen LogP contribution in [0, 0.1) is 0 Å². The summed E-state index contributed by atoms with van der Waals surface area (Å²) < 4.78 is 0. The maximum Gasteiger partial charge on any atom is 0.0483 e. The molecule has 20 heavy (non-hydrogen) atoms. The van der Waals surface area contributed by atoms with Crippen LogP contribution >= 0.6 is 0 Å². The SMILES string of the molecule is CC.CC(C)O.CCCC1CCCN1.CN1CCCC1. The van der Waals surface area contributed by atoms with Crippen molar-refractivity contribution >= 4 is 0 Å². The minimum atomic E-state index is -0.167. The molecule has 2 saturated heterocycles. The van der Waals surface area contributed by atoms with Crippen molar-refractivity contribution < 1.29 is 5.11 Å². The lowest BCUT2D eigenvalue weighted by atomic mass is 10.1. The molecule has 0 bridgehead atoms. The Labute approximate surface area is 128 Å². The number of likely N-dealkylation sites (tertiary alicyclic amines) is 1. The number of rotatable bonds is 2. The Morgan fingerprint density at radius 1 is 1.15 bits per heavy atom. The first-order valence-corrected chi connectivity index (χ1v) is 8.66. The second-order valence-electron chi connectivity index (χ2n) is 5.69. The predicted molar refractivity (Wildman–Crippen MR) is 91.4 cm³/mol. The molecule has 0 spiro atoms. The highest BCUT2D eigenvalue weighted by Crippen LogP contribution is 2.09. The molecule has 0 radical (unpaired) electrons. The normalized spacial score (nSPS) is 21.3. The van der Waals surface area contributed by atoms with Crippen LogP contribution in [0.25, 0.3) is 0 Å². The molecule has 0 aromatic rings. The average Bonchev–Trinajstić information content (AvgIpc) is 3.06. The van der Waals surface area contributed by atoms with E-state index in [0.717, 1.165) is 6.04 Å². The number of hydrogen-bond donors (Lipinski definition) is 2. The minimum Gasteiger partial charge on any atom is -0.394 e. The van der Waals surface area contributed by atoms with Crippen molar-refractivity contribution in [3.63, 3.8) is 0 Å². The average molecular weight is 289 g/mol. The van der Waals surface area contributed by atoms with Gasteiger partial charge in [0.1, 0.15) is 0 Å². The largest absolute Gasteiger partial charge is 0.394 e. The number of nitrogens with zero attached hydrogens (tertiary/aromatic N) is 1. The zero-order valence-corrected chi connectivity index (χ0v) is 14.9. The van der Waals surface area contributed by atoms with E-state index in [4.69, 9.17) is 5.11 Å². The molecule has 3 nitrogen and oxygen atoms in total. The van der Waals surface area contributed by atoms with Gasteiger partial charge in [0.15, 0.2) is 0 Å². The Hall–Kier alpha value is -0.120. The molecule has 2 fully saturated rings.